The van der Waals surface area contributed by atoms with Gasteiger partial charge in [0.05, 0.1) is 13.2 Å². The summed E-state index contributed by atoms with van der Waals surface area (Å²) in [5.74, 6) is -0.938. The van der Waals surface area contributed by atoms with Crippen molar-refractivity contribution in [1.82, 2.24) is 5.32 Å². The minimum Gasteiger partial charge on any atom is -0.462 e. The fourth-order valence-corrected chi connectivity index (χ4v) is 6.06. The Morgan fingerprint density at radius 1 is 0.534 bits per heavy atom. The number of ether oxygens (including phenoxy) is 2. The molecule has 0 amide bonds. The first-order valence-electron chi connectivity index (χ1n) is 22.2. The van der Waals surface area contributed by atoms with Crippen LogP contribution in [-0.2, 0) is 32.7 Å². The van der Waals surface area contributed by atoms with Gasteiger partial charge in [0, 0.05) is 19.4 Å². The highest BCUT2D eigenvalue weighted by molar-refractivity contribution is 7.47. The Balaban J connectivity index is 4.41. The molecule has 0 spiro atoms. The number of phosphoric acid groups is 1. The van der Waals surface area contributed by atoms with Crippen LogP contribution in [0.2, 0.25) is 0 Å². The molecule has 0 aromatic rings. The second kappa shape index (κ2) is 43.5. The Labute approximate surface area is 353 Å². The molecule has 10 heteroatoms. The van der Waals surface area contributed by atoms with E-state index in [9.17, 15) is 19.0 Å². The van der Waals surface area contributed by atoms with Gasteiger partial charge in [0.1, 0.15) is 6.61 Å². The van der Waals surface area contributed by atoms with Crippen molar-refractivity contribution in [3.8, 4) is 0 Å². The zero-order chi connectivity index (χ0) is 42.5. The molecule has 0 aromatic carbocycles. The highest BCUT2D eigenvalue weighted by Crippen LogP contribution is 2.43. The number of allylic oxidation sites excluding steroid dienone is 16. The number of rotatable bonds is 40. The molecule has 0 aliphatic carbocycles. The molecule has 2 atom stereocenters. The minimum absolute atomic E-state index is 0.0381. The van der Waals surface area contributed by atoms with Crippen molar-refractivity contribution in [3.63, 3.8) is 0 Å². The van der Waals surface area contributed by atoms with Crippen molar-refractivity contribution in [3.05, 3.63) is 97.2 Å². The molecule has 0 radical (unpaired) electrons. The quantitative estimate of drug-likeness (QED) is 0.0269. The Bertz CT molecular complexity index is 1270. The second-order valence-electron chi connectivity index (χ2n) is 14.2. The maximum absolute atomic E-state index is 12.6. The lowest BCUT2D eigenvalue weighted by Crippen LogP contribution is -2.29. The molecule has 0 heterocycles. The van der Waals surface area contributed by atoms with Crippen LogP contribution in [0.15, 0.2) is 97.2 Å². The topological polar surface area (TPSA) is 120 Å². The molecule has 0 bridgehead atoms. The number of hydrogen-bond acceptors (Lipinski definition) is 8. The van der Waals surface area contributed by atoms with E-state index >= 15 is 0 Å². The van der Waals surface area contributed by atoms with Crippen LogP contribution in [0.3, 0.4) is 0 Å². The molecule has 0 aromatic heterocycles. The average molecular weight is 830 g/mol. The van der Waals surface area contributed by atoms with Crippen LogP contribution in [0, 0.1) is 0 Å². The van der Waals surface area contributed by atoms with E-state index in [1.54, 1.807) is 7.05 Å². The Morgan fingerprint density at radius 3 is 1.43 bits per heavy atom. The molecule has 330 valence electrons. The maximum Gasteiger partial charge on any atom is 0.472 e. The third-order valence-corrected chi connectivity index (χ3v) is 9.67. The largest absolute Gasteiger partial charge is 0.472 e. The summed E-state index contributed by atoms with van der Waals surface area (Å²) < 4.78 is 33.1. The number of phosphoric ester groups is 1. The van der Waals surface area contributed by atoms with Crippen LogP contribution >= 0.6 is 7.82 Å². The van der Waals surface area contributed by atoms with Crippen LogP contribution in [0.4, 0.5) is 0 Å². The van der Waals surface area contributed by atoms with Crippen LogP contribution in [0.1, 0.15) is 155 Å². The predicted molar refractivity (Wildman–Crippen MR) is 243 cm³/mol. The summed E-state index contributed by atoms with van der Waals surface area (Å²) in [5.41, 5.74) is 0. The lowest BCUT2D eigenvalue weighted by Gasteiger charge is -2.20. The molecule has 0 saturated heterocycles. The van der Waals surface area contributed by atoms with Gasteiger partial charge < -0.3 is 19.7 Å². The average Bonchev–Trinajstić information content (AvgIpc) is 3.21. The van der Waals surface area contributed by atoms with Gasteiger partial charge in [-0.1, -0.05) is 150 Å². The molecule has 2 N–H and O–H groups in total. The first-order valence-corrected chi connectivity index (χ1v) is 23.7. The Hall–Kier alpha value is -3.07. The summed E-state index contributed by atoms with van der Waals surface area (Å²) in [5, 5.41) is 2.81. The highest BCUT2D eigenvalue weighted by atomic mass is 31.2. The molecular weight excluding hydrogens is 750 g/mol. The fourth-order valence-electron chi connectivity index (χ4n) is 5.30. The SMILES string of the molecule is CCCCC/C=C\C/C=C\C/C=C\C/C=C\C/C=C\CCC(=O)OCC(COP(=O)(O)OCCNC)OC(=O)CCCCCC/C=C\C/C=C\C/C=C\CCCCC. The molecule has 0 fully saturated rings. The van der Waals surface area contributed by atoms with Gasteiger partial charge in [0.15, 0.2) is 6.10 Å². The summed E-state index contributed by atoms with van der Waals surface area (Å²) in [6, 6.07) is 0. The molecule has 0 aliphatic heterocycles. The van der Waals surface area contributed by atoms with E-state index in [4.69, 9.17) is 18.5 Å². The van der Waals surface area contributed by atoms with E-state index in [0.717, 1.165) is 64.2 Å². The molecule has 0 saturated carbocycles. The minimum atomic E-state index is -4.38. The van der Waals surface area contributed by atoms with Gasteiger partial charge in [0.2, 0.25) is 0 Å². The molecule has 9 nitrogen and oxygen atoms in total. The van der Waals surface area contributed by atoms with Gasteiger partial charge in [0.25, 0.3) is 0 Å². The van der Waals surface area contributed by atoms with Gasteiger partial charge in [-0.2, -0.15) is 0 Å². The lowest BCUT2D eigenvalue weighted by molar-refractivity contribution is -0.161. The third kappa shape index (κ3) is 42.5. The van der Waals surface area contributed by atoms with Gasteiger partial charge in [-0.05, 0) is 96.9 Å². The smallest absolute Gasteiger partial charge is 0.462 e. The van der Waals surface area contributed by atoms with Crippen LogP contribution < -0.4 is 5.32 Å². The van der Waals surface area contributed by atoms with Gasteiger partial charge in [-0.3, -0.25) is 18.6 Å². The summed E-state index contributed by atoms with van der Waals surface area (Å²) in [6.07, 6.45) is 54.6. The summed E-state index contributed by atoms with van der Waals surface area (Å²) >= 11 is 0. The fraction of sp³-hybridized carbons (Fsp3) is 0.625. The van der Waals surface area contributed by atoms with Gasteiger partial charge in [-0.15, -0.1) is 0 Å². The number of carbonyl (C=O) groups is 2. The number of esters is 2. The van der Waals surface area contributed by atoms with Crippen molar-refractivity contribution < 1.29 is 37.6 Å². The van der Waals surface area contributed by atoms with E-state index in [0.29, 0.717) is 19.4 Å². The second-order valence-corrected chi connectivity index (χ2v) is 15.6. The molecule has 2 unspecified atom stereocenters. The van der Waals surface area contributed by atoms with Gasteiger partial charge in [-0.25, -0.2) is 4.57 Å². The predicted octanol–water partition coefficient (Wildman–Crippen LogP) is 12.9. The number of hydrogen-bond donors (Lipinski definition) is 2. The Kier molecular flexibility index (Phi) is 41.2. The van der Waals surface area contributed by atoms with E-state index in [1.807, 2.05) is 12.2 Å². The maximum atomic E-state index is 12.6. The van der Waals surface area contributed by atoms with Crippen molar-refractivity contribution in [1.29, 1.82) is 0 Å². The van der Waals surface area contributed by atoms with Crippen LogP contribution in [-0.4, -0.2) is 56.3 Å². The molecule has 0 rings (SSSR count). The van der Waals surface area contributed by atoms with Crippen molar-refractivity contribution in [2.45, 2.75) is 161 Å². The van der Waals surface area contributed by atoms with Crippen molar-refractivity contribution in [2.24, 2.45) is 0 Å². The molecular formula is C48H80NO8P. The monoisotopic (exact) mass is 830 g/mol. The van der Waals surface area contributed by atoms with E-state index in [1.165, 1.54) is 51.4 Å². The number of unbranched alkanes of at least 4 members (excludes halogenated alkanes) is 10. The number of likely N-dealkylation sites (N-methyl/N-ethyl adjacent to an activating group) is 1. The molecule has 58 heavy (non-hydrogen) atoms. The summed E-state index contributed by atoms with van der Waals surface area (Å²) in [4.78, 5) is 35.0. The van der Waals surface area contributed by atoms with Gasteiger partial charge >= 0.3 is 19.8 Å². The first kappa shape index (κ1) is 54.9. The standard InChI is InChI=1S/C48H80NO8P/c1-4-6-8-10-12-14-16-18-20-22-23-25-26-28-30-32-34-36-38-40-47(50)54-44-46(45-56-58(52,53)55-43-42-49-3)57-48(51)41-39-37-35-33-31-29-27-24-21-19-17-15-13-11-9-7-5-2/h12-15,18-21,23,25,27-30,34,36,46,49H,4-11,16-17,22,24,26,31-33,35,37-45H2,1-3H3,(H,52,53)/b14-12-,15-13-,20-18-,21-19-,25-23-,29-27-,30-28-,36-34-. The van der Waals surface area contributed by atoms with Crippen molar-refractivity contribution >= 4 is 19.8 Å². The van der Waals surface area contributed by atoms with E-state index in [2.05, 4.69) is 104 Å². The van der Waals surface area contributed by atoms with E-state index < -0.39 is 32.5 Å². The lowest BCUT2D eigenvalue weighted by atomic mass is 10.1. The number of carbonyl (C=O) groups excluding carboxylic acids is 2. The zero-order valence-corrected chi connectivity index (χ0v) is 37.3. The Morgan fingerprint density at radius 2 is 0.966 bits per heavy atom. The van der Waals surface area contributed by atoms with Crippen LogP contribution in [0.25, 0.3) is 0 Å². The zero-order valence-electron chi connectivity index (χ0n) is 36.5. The van der Waals surface area contributed by atoms with E-state index in [-0.39, 0.29) is 26.1 Å². The third-order valence-electron chi connectivity index (χ3n) is 8.69. The highest BCUT2D eigenvalue weighted by Gasteiger charge is 2.26. The normalized spacial score (nSPS) is 14.2. The summed E-state index contributed by atoms with van der Waals surface area (Å²) in [6.45, 7) is 4.03. The van der Waals surface area contributed by atoms with Crippen LogP contribution in [0.5, 0.6) is 0 Å². The number of nitrogens with one attached hydrogen (secondary N) is 1. The molecule has 0 aliphatic rings. The summed E-state index contributed by atoms with van der Waals surface area (Å²) in [7, 11) is -2.69. The van der Waals surface area contributed by atoms with Crippen molar-refractivity contribution in [2.75, 3.05) is 33.4 Å². The first-order chi connectivity index (χ1) is 28.3.